The SMILES string of the molecule is CC(=O)N1CCCC(C2CCCN2C)C1. The molecule has 0 N–H and O–H groups in total. The van der Waals surface area contributed by atoms with Crippen molar-refractivity contribution in [2.45, 2.75) is 38.6 Å². The minimum absolute atomic E-state index is 0.250. The molecule has 15 heavy (non-hydrogen) atoms. The van der Waals surface area contributed by atoms with Crippen LogP contribution in [0.2, 0.25) is 0 Å². The van der Waals surface area contributed by atoms with Crippen LogP contribution in [-0.2, 0) is 4.79 Å². The summed E-state index contributed by atoms with van der Waals surface area (Å²) in [5.74, 6) is 0.968. The molecule has 0 bridgehead atoms. The Kier molecular flexibility index (Phi) is 3.29. The molecule has 0 aromatic carbocycles. The molecule has 2 heterocycles. The highest BCUT2D eigenvalue weighted by Gasteiger charge is 2.32. The van der Waals surface area contributed by atoms with Crippen LogP contribution in [0, 0.1) is 5.92 Å². The molecule has 2 rings (SSSR count). The van der Waals surface area contributed by atoms with E-state index in [9.17, 15) is 4.79 Å². The second-order valence-electron chi connectivity index (χ2n) is 5.06. The van der Waals surface area contributed by atoms with E-state index in [0.717, 1.165) is 25.0 Å². The molecule has 1 amide bonds. The maximum absolute atomic E-state index is 11.4. The average molecular weight is 210 g/mol. The molecule has 3 nitrogen and oxygen atoms in total. The van der Waals surface area contributed by atoms with Gasteiger partial charge in [-0.3, -0.25) is 4.79 Å². The fraction of sp³-hybridized carbons (Fsp3) is 0.917. The van der Waals surface area contributed by atoms with Gasteiger partial charge in [0.1, 0.15) is 0 Å². The summed E-state index contributed by atoms with van der Waals surface area (Å²) in [6, 6.07) is 0.729. The fourth-order valence-corrected chi connectivity index (χ4v) is 3.14. The number of nitrogens with zero attached hydrogens (tertiary/aromatic N) is 2. The van der Waals surface area contributed by atoms with E-state index >= 15 is 0 Å². The topological polar surface area (TPSA) is 23.6 Å². The molecule has 0 aromatic rings. The van der Waals surface area contributed by atoms with Crippen LogP contribution in [0.3, 0.4) is 0 Å². The van der Waals surface area contributed by atoms with Crippen molar-refractivity contribution < 1.29 is 4.79 Å². The lowest BCUT2D eigenvalue weighted by atomic mass is 9.89. The van der Waals surface area contributed by atoms with Crippen LogP contribution in [0.25, 0.3) is 0 Å². The Balaban J connectivity index is 1.94. The van der Waals surface area contributed by atoms with Gasteiger partial charge in [0.05, 0.1) is 0 Å². The van der Waals surface area contributed by atoms with Gasteiger partial charge >= 0.3 is 0 Å². The highest BCUT2D eigenvalue weighted by atomic mass is 16.2. The molecule has 2 aliphatic heterocycles. The van der Waals surface area contributed by atoms with Gasteiger partial charge in [0.2, 0.25) is 5.91 Å². The van der Waals surface area contributed by atoms with E-state index in [0.29, 0.717) is 0 Å². The van der Waals surface area contributed by atoms with Crippen molar-refractivity contribution in [2.24, 2.45) is 5.92 Å². The Bertz CT molecular complexity index is 242. The van der Waals surface area contributed by atoms with E-state index in [1.807, 2.05) is 4.90 Å². The first kappa shape index (κ1) is 10.9. The summed E-state index contributed by atoms with van der Waals surface area (Å²) < 4.78 is 0. The van der Waals surface area contributed by atoms with Crippen LogP contribution in [-0.4, -0.2) is 48.4 Å². The maximum Gasteiger partial charge on any atom is 0.219 e. The Labute approximate surface area is 92.4 Å². The summed E-state index contributed by atoms with van der Waals surface area (Å²) in [6.07, 6.45) is 5.15. The normalized spacial score (nSPS) is 33.3. The Morgan fingerprint density at radius 2 is 1.93 bits per heavy atom. The van der Waals surface area contributed by atoms with E-state index in [1.54, 1.807) is 6.92 Å². The molecule has 2 aliphatic rings. The monoisotopic (exact) mass is 210 g/mol. The number of rotatable bonds is 1. The van der Waals surface area contributed by atoms with Gasteiger partial charge in [0, 0.05) is 26.1 Å². The lowest BCUT2D eigenvalue weighted by Crippen LogP contribution is -2.45. The van der Waals surface area contributed by atoms with Gasteiger partial charge in [-0.25, -0.2) is 0 Å². The van der Waals surface area contributed by atoms with Crippen LogP contribution in [0.15, 0.2) is 0 Å². The third kappa shape index (κ3) is 2.33. The third-order valence-corrected chi connectivity index (χ3v) is 4.02. The molecule has 0 aromatic heterocycles. The molecular formula is C12H22N2O. The minimum Gasteiger partial charge on any atom is -0.343 e. The molecule has 0 saturated carbocycles. The van der Waals surface area contributed by atoms with Crippen molar-refractivity contribution in [2.75, 3.05) is 26.7 Å². The highest BCUT2D eigenvalue weighted by Crippen LogP contribution is 2.29. The first-order valence-electron chi connectivity index (χ1n) is 6.14. The van der Waals surface area contributed by atoms with Crippen molar-refractivity contribution in [1.29, 1.82) is 0 Å². The zero-order chi connectivity index (χ0) is 10.8. The number of amides is 1. The molecule has 2 unspecified atom stereocenters. The van der Waals surface area contributed by atoms with Gasteiger partial charge in [-0.05, 0) is 45.2 Å². The van der Waals surface area contributed by atoms with Crippen LogP contribution >= 0.6 is 0 Å². The first-order chi connectivity index (χ1) is 7.18. The van der Waals surface area contributed by atoms with Gasteiger partial charge in [-0.2, -0.15) is 0 Å². The molecule has 2 saturated heterocycles. The number of likely N-dealkylation sites (tertiary alicyclic amines) is 2. The Hall–Kier alpha value is -0.570. The average Bonchev–Trinajstić information content (AvgIpc) is 2.64. The van der Waals surface area contributed by atoms with Crippen molar-refractivity contribution in [3.05, 3.63) is 0 Å². The van der Waals surface area contributed by atoms with Crippen molar-refractivity contribution in [3.8, 4) is 0 Å². The predicted molar refractivity (Wildman–Crippen MR) is 60.6 cm³/mol. The van der Waals surface area contributed by atoms with Crippen molar-refractivity contribution >= 4 is 5.91 Å². The van der Waals surface area contributed by atoms with Gasteiger partial charge in [0.25, 0.3) is 0 Å². The second-order valence-corrected chi connectivity index (χ2v) is 5.06. The molecule has 2 fully saturated rings. The first-order valence-corrected chi connectivity index (χ1v) is 6.14. The summed E-state index contributed by atoms with van der Waals surface area (Å²) >= 11 is 0. The smallest absolute Gasteiger partial charge is 0.219 e. The summed E-state index contributed by atoms with van der Waals surface area (Å²) in [7, 11) is 2.23. The van der Waals surface area contributed by atoms with Gasteiger partial charge in [0.15, 0.2) is 0 Å². The number of hydrogen-bond donors (Lipinski definition) is 0. The molecule has 3 heteroatoms. The molecule has 0 spiro atoms. The lowest BCUT2D eigenvalue weighted by molar-refractivity contribution is -0.131. The van der Waals surface area contributed by atoms with Crippen molar-refractivity contribution in [1.82, 2.24) is 9.80 Å². The molecular weight excluding hydrogens is 188 g/mol. The van der Waals surface area contributed by atoms with Crippen LogP contribution in [0.5, 0.6) is 0 Å². The zero-order valence-electron chi connectivity index (χ0n) is 9.91. The lowest BCUT2D eigenvalue weighted by Gasteiger charge is -2.37. The maximum atomic E-state index is 11.4. The fourth-order valence-electron chi connectivity index (χ4n) is 3.14. The zero-order valence-corrected chi connectivity index (χ0v) is 9.91. The van der Waals surface area contributed by atoms with Crippen LogP contribution in [0.4, 0.5) is 0 Å². The minimum atomic E-state index is 0.250. The van der Waals surface area contributed by atoms with E-state index in [1.165, 1.54) is 32.2 Å². The number of carbonyl (C=O) groups excluding carboxylic acids is 1. The summed E-state index contributed by atoms with van der Waals surface area (Å²) in [6.45, 7) is 4.90. The third-order valence-electron chi connectivity index (χ3n) is 4.02. The van der Waals surface area contributed by atoms with Gasteiger partial charge in [-0.15, -0.1) is 0 Å². The van der Waals surface area contributed by atoms with E-state index in [4.69, 9.17) is 0 Å². The van der Waals surface area contributed by atoms with Gasteiger partial charge < -0.3 is 9.80 Å². The standard InChI is InChI=1S/C12H22N2O/c1-10(15)14-8-3-5-11(9-14)12-6-4-7-13(12)2/h11-12H,3-9H2,1-2H3. The molecule has 86 valence electrons. The van der Waals surface area contributed by atoms with E-state index in [-0.39, 0.29) is 5.91 Å². The second kappa shape index (κ2) is 4.52. The number of piperidine rings is 1. The predicted octanol–water partition coefficient (Wildman–Crippen LogP) is 1.34. The molecule has 2 atom stereocenters. The van der Waals surface area contributed by atoms with Crippen LogP contribution < -0.4 is 0 Å². The Morgan fingerprint density at radius 1 is 1.20 bits per heavy atom. The molecule has 0 aliphatic carbocycles. The van der Waals surface area contributed by atoms with Crippen molar-refractivity contribution in [3.63, 3.8) is 0 Å². The quantitative estimate of drug-likeness (QED) is 0.652. The van der Waals surface area contributed by atoms with E-state index < -0.39 is 0 Å². The highest BCUT2D eigenvalue weighted by molar-refractivity contribution is 5.73. The summed E-state index contributed by atoms with van der Waals surface area (Å²) in [5, 5.41) is 0. The largest absolute Gasteiger partial charge is 0.343 e. The summed E-state index contributed by atoms with van der Waals surface area (Å²) in [5.41, 5.74) is 0. The number of carbonyl (C=O) groups is 1. The van der Waals surface area contributed by atoms with Crippen LogP contribution in [0.1, 0.15) is 32.6 Å². The molecule has 0 radical (unpaired) electrons. The Morgan fingerprint density at radius 3 is 2.53 bits per heavy atom. The summed E-state index contributed by atoms with van der Waals surface area (Å²) in [4.78, 5) is 15.9. The van der Waals surface area contributed by atoms with E-state index in [2.05, 4.69) is 11.9 Å². The number of hydrogen-bond acceptors (Lipinski definition) is 2. The van der Waals surface area contributed by atoms with Gasteiger partial charge in [-0.1, -0.05) is 0 Å².